The molecule has 1 heterocycles. The summed E-state index contributed by atoms with van der Waals surface area (Å²) in [6.45, 7) is 1.98. The van der Waals surface area contributed by atoms with E-state index in [-0.39, 0.29) is 0 Å². The molecule has 0 spiro atoms. The average Bonchev–Trinajstić information content (AvgIpc) is 2.62. The maximum atomic E-state index is 10.5. The Kier molecular flexibility index (Phi) is 6.18. The van der Waals surface area contributed by atoms with Crippen LogP contribution in [0.3, 0.4) is 0 Å². The SMILES string of the molecule is OC1(CNCc2cccc(OCc3ccccc3)c2)CCSCC1. The molecule has 0 amide bonds. The molecule has 2 aromatic rings. The first-order chi connectivity index (χ1) is 11.7. The van der Waals surface area contributed by atoms with Gasteiger partial charge in [-0.1, -0.05) is 42.5 Å². The lowest BCUT2D eigenvalue weighted by atomic mass is 9.97. The summed E-state index contributed by atoms with van der Waals surface area (Å²) in [5.74, 6) is 2.99. The van der Waals surface area contributed by atoms with Crippen LogP contribution in [0.25, 0.3) is 0 Å². The molecule has 1 aliphatic rings. The summed E-state index contributed by atoms with van der Waals surface area (Å²) < 4.78 is 5.87. The van der Waals surface area contributed by atoms with Crippen molar-refractivity contribution >= 4 is 11.8 Å². The number of rotatable bonds is 7. The first-order valence-electron chi connectivity index (χ1n) is 8.50. The molecule has 0 aliphatic carbocycles. The van der Waals surface area contributed by atoms with Gasteiger partial charge in [-0.05, 0) is 47.6 Å². The number of hydrogen-bond acceptors (Lipinski definition) is 4. The van der Waals surface area contributed by atoms with Gasteiger partial charge in [0.05, 0.1) is 5.60 Å². The van der Waals surface area contributed by atoms with Gasteiger partial charge in [-0.25, -0.2) is 0 Å². The lowest BCUT2D eigenvalue weighted by Crippen LogP contribution is -2.43. The van der Waals surface area contributed by atoms with Crippen LogP contribution in [0, 0.1) is 0 Å². The average molecular weight is 343 g/mol. The highest BCUT2D eigenvalue weighted by Gasteiger charge is 2.28. The number of hydrogen-bond donors (Lipinski definition) is 2. The van der Waals surface area contributed by atoms with Gasteiger partial charge in [-0.2, -0.15) is 11.8 Å². The van der Waals surface area contributed by atoms with Crippen molar-refractivity contribution in [2.75, 3.05) is 18.1 Å². The Hall–Kier alpha value is -1.49. The number of aliphatic hydroxyl groups is 1. The summed E-state index contributed by atoms with van der Waals surface area (Å²) in [5, 5.41) is 13.9. The van der Waals surface area contributed by atoms with Gasteiger partial charge in [-0.3, -0.25) is 0 Å². The fourth-order valence-corrected chi connectivity index (χ4v) is 4.11. The van der Waals surface area contributed by atoms with Crippen molar-refractivity contribution in [2.45, 2.75) is 31.6 Å². The van der Waals surface area contributed by atoms with Gasteiger partial charge in [0.15, 0.2) is 0 Å². The Bertz CT molecular complexity index is 627. The largest absolute Gasteiger partial charge is 0.489 e. The van der Waals surface area contributed by atoms with E-state index >= 15 is 0 Å². The van der Waals surface area contributed by atoms with E-state index in [1.807, 2.05) is 42.1 Å². The molecule has 1 saturated heterocycles. The van der Waals surface area contributed by atoms with Crippen LogP contribution < -0.4 is 10.1 Å². The molecule has 3 nitrogen and oxygen atoms in total. The van der Waals surface area contributed by atoms with Crippen molar-refractivity contribution in [3.05, 3.63) is 65.7 Å². The van der Waals surface area contributed by atoms with Crippen LogP contribution >= 0.6 is 11.8 Å². The fourth-order valence-electron chi connectivity index (χ4n) is 2.85. The number of thioether (sulfide) groups is 1. The van der Waals surface area contributed by atoms with Crippen molar-refractivity contribution in [1.29, 1.82) is 0 Å². The molecular weight excluding hydrogens is 318 g/mol. The summed E-state index contributed by atoms with van der Waals surface area (Å²) >= 11 is 1.93. The van der Waals surface area contributed by atoms with E-state index in [0.717, 1.165) is 36.6 Å². The molecule has 128 valence electrons. The van der Waals surface area contributed by atoms with Crippen LogP contribution in [0.1, 0.15) is 24.0 Å². The third kappa shape index (κ3) is 5.26. The van der Waals surface area contributed by atoms with E-state index in [2.05, 4.69) is 29.6 Å². The predicted octanol–water partition coefficient (Wildman–Crippen LogP) is 3.61. The Morgan fingerprint density at radius 1 is 1.00 bits per heavy atom. The van der Waals surface area contributed by atoms with E-state index < -0.39 is 5.60 Å². The van der Waals surface area contributed by atoms with Gasteiger partial charge in [0, 0.05) is 13.1 Å². The first kappa shape index (κ1) is 17.3. The smallest absolute Gasteiger partial charge is 0.120 e. The van der Waals surface area contributed by atoms with Crippen molar-refractivity contribution in [3.8, 4) is 5.75 Å². The molecule has 4 heteroatoms. The third-order valence-electron chi connectivity index (χ3n) is 4.35. The second-order valence-corrected chi connectivity index (χ2v) is 7.59. The van der Waals surface area contributed by atoms with Crippen LogP contribution in [0.4, 0.5) is 0 Å². The zero-order valence-corrected chi connectivity index (χ0v) is 14.7. The quantitative estimate of drug-likeness (QED) is 0.806. The number of ether oxygens (including phenoxy) is 1. The van der Waals surface area contributed by atoms with E-state index in [4.69, 9.17) is 4.74 Å². The van der Waals surface area contributed by atoms with E-state index in [1.54, 1.807) is 0 Å². The third-order valence-corrected chi connectivity index (χ3v) is 5.34. The van der Waals surface area contributed by atoms with Crippen LogP contribution in [0.2, 0.25) is 0 Å². The van der Waals surface area contributed by atoms with Gasteiger partial charge in [0.2, 0.25) is 0 Å². The van der Waals surface area contributed by atoms with Crippen LogP contribution in [0.5, 0.6) is 5.75 Å². The molecule has 2 N–H and O–H groups in total. The molecule has 0 atom stereocenters. The minimum atomic E-state index is -0.535. The Balaban J connectivity index is 1.48. The maximum Gasteiger partial charge on any atom is 0.120 e. The molecule has 1 aliphatic heterocycles. The minimum absolute atomic E-state index is 0.535. The van der Waals surface area contributed by atoms with Gasteiger partial charge in [0.1, 0.15) is 12.4 Å². The summed E-state index contributed by atoms with van der Waals surface area (Å²) in [5.41, 5.74) is 1.81. The molecule has 0 unspecified atom stereocenters. The van der Waals surface area contributed by atoms with Crippen molar-refractivity contribution in [1.82, 2.24) is 5.32 Å². The normalized spacial score (nSPS) is 16.7. The highest BCUT2D eigenvalue weighted by molar-refractivity contribution is 7.99. The first-order valence-corrected chi connectivity index (χ1v) is 9.66. The Morgan fingerprint density at radius 3 is 2.54 bits per heavy atom. The Labute approximate surface area is 148 Å². The predicted molar refractivity (Wildman–Crippen MR) is 100 cm³/mol. The second-order valence-electron chi connectivity index (χ2n) is 6.36. The summed E-state index contributed by atoms with van der Waals surface area (Å²) in [6, 6.07) is 18.3. The molecular formula is C20H25NO2S. The standard InChI is InChI=1S/C20H25NO2S/c22-20(9-11-24-12-10-20)16-21-14-18-7-4-8-19(13-18)23-15-17-5-2-1-3-6-17/h1-8,13,21-22H,9-12,14-16H2. The van der Waals surface area contributed by atoms with Gasteiger partial charge in [-0.15, -0.1) is 0 Å². The summed E-state index contributed by atoms with van der Waals surface area (Å²) in [6.07, 6.45) is 1.76. The number of nitrogens with one attached hydrogen (secondary N) is 1. The van der Waals surface area contributed by atoms with Crippen molar-refractivity contribution < 1.29 is 9.84 Å². The maximum absolute atomic E-state index is 10.5. The van der Waals surface area contributed by atoms with E-state index in [0.29, 0.717) is 13.2 Å². The highest BCUT2D eigenvalue weighted by atomic mass is 32.2. The Morgan fingerprint density at radius 2 is 1.75 bits per heavy atom. The van der Waals surface area contributed by atoms with Crippen molar-refractivity contribution in [3.63, 3.8) is 0 Å². The van der Waals surface area contributed by atoms with Crippen molar-refractivity contribution in [2.24, 2.45) is 0 Å². The number of benzene rings is 2. The molecule has 24 heavy (non-hydrogen) atoms. The molecule has 2 aromatic carbocycles. The topological polar surface area (TPSA) is 41.5 Å². The second kappa shape index (κ2) is 8.56. The summed E-state index contributed by atoms with van der Waals surface area (Å²) in [7, 11) is 0. The van der Waals surface area contributed by atoms with Gasteiger partial charge in [0.25, 0.3) is 0 Å². The van der Waals surface area contributed by atoms with Crippen LogP contribution in [0.15, 0.2) is 54.6 Å². The van der Waals surface area contributed by atoms with Crippen LogP contribution in [-0.2, 0) is 13.2 Å². The highest BCUT2D eigenvalue weighted by Crippen LogP contribution is 2.26. The molecule has 0 radical (unpaired) electrons. The zero-order chi connectivity index (χ0) is 16.7. The minimum Gasteiger partial charge on any atom is -0.489 e. The molecule has 0 aromatic heterocycles. The lowest BCUT2D eigenvalue weighted by Gasteiger charge is -2.32. The van der Waals surface area contributed by atoms with E-state index in [9.17, 15) is 5.11 Å². The molecule has 1 fully saturated rings. The lowest BCUT2D eigenvalue weighted by molar-refractivity contribution is 0.0320. The van der Waals surface area contributed by atoms with E-state index in [1.165, 1.54) is 11.1 Å². The van der Waals surface area contributed by atoms with Crippen LogP contribution in [-0.4, -0.2) is 28.8 Å². The fraction of sp³-hybridized carbons (Fsp3) is 0.400. The van der Waals surface area contributed by atoms with Gasteiger partial charge < -0.3 is 15.2 Å². The zero-order valence-electron chi connectivity index (χ0n) is 13.9. The summed E-state index contributed by atoms with van der Waals surface area (Å²) in [4.78, 5) is 0. The van der Waals surface area contributed by atoms with Gasteiger partial charge >= 0.3 is 0 Å². The molecule has 3 rings (SSSR count). The molecule has 0 saturated carbocycles. The monoisotopic (exact) mass is 343 g/mol. The molecule has 0 bridgehead atoms.